The Labute approximate surface area is 220 Å². The summed E-state index contributed by atoms with van der Waals surface area (Å²) in [6, 6.07) is 3.38. The number of benzene rings is 1. The van der Waals surface area contributed by atoms with Gasteiger partial charge in [0.1, 0.15) is 11.9 Å². The zero-order valence-electron chi connectivity index (χ0n) is 18.2. The van der Waals surface area contributed by atoms with Gasteiger partial charge in [-0.3, -0.25) is 9.47 Å². The van der Waals surface area contributed by atoms with Crippen LogP contribution in [0.15, 0.2) is 24.3 Å². The molecule has 5 nitrogen and oxygen atoms in total. The Morgan fingerprint density at radius 1 is 0.846 bits per heavy atom. The minimum absolute atomic E-state index is 0.0964. The van der Waals surface area contributed by atoms with Gasteiger partial charge in [0.15, 0.2) is 0 Å². The Morgan fingerprint density at radius 2 is 1.36 bits per heavy atom. The highest BCUT2D eigenvalue weighted by Gasteiger charge is 2.83. The van der Waals surface area contributed by atoms with Gasteiger partial charge in [-0.05, 0) is 17.7 Å². The number of halogens is 16. The first-order chi connectivity index (χ1) is 17.4. The van der Waals surface area contributed by atoms with Crippen LogP contribution in [0.25, 0.3) is 0 Å². The summed E-state index contributed by atoms with van der Waals surface area (Å²) in [6.45, 7) is 0.531. The van der Waals surface area contributed by atoms with Gasteiger partial charge < -0.3 is 14.2 Å². The third kappa shape index (κ3) is 7.64. The summed E-state index contributed by atoms with van der Waals surface area (Å²) in [7, 11) is 0. The van der Waals surface area contributed by atoms with Gasteiger partial charge in [-0.25, -0.2) is 4.39 Å². The van der Waals surface area contributed by atoms with E-state index in [2.05, 4.69) is 9.47 Å². The predicted molar refractivity (Wildman–Crippen MR) is 102 cm³/mol. The van der Waals surface area contributed by atoms with Crippen molar-refractivity contribution in [3.05, 3.63) is 29.8 Å². The first-order valence-corrected chi connectivity index (χ1v) is 10.8. The lowest BCUT2D eigenvalue weighted by Gasteiger charge is -2.39. The van der Waals surface area contributed by atoms with Crippen molar-refractivity contribution in [2.45, 2.75) is 59.3 Å². The first-order valence-electron chi connectivity index (χ1n) is 9.69. The van der Waals surface area contributed by atoms with Crippen LogP contribution in [0.1, 0.15) is 5.56 Å². The van der Waals surface area contributed by atoms with E-state index in [-0.39, 0.29) is 19.3 Å². The van der Waals surface area contributed by atoms with E-state index in [1.165, 1.54) is 0 Å². The fraction of sp³-hybridized carbons (Fsp3) is 0.667. The number of alkyl halides is 16. The van der Waals surface area contributed by atoms with Crippen LogP contribution >= 0.6 is 22.6 Å². The van der Waals surface area contributed by atoms with Gasteiger partial charge in [0.05, 0.1) is 19.8 Å². The Hall–Kier alpha value is -1.46. The first kappa shape index (κ1) is 33.7. The molecule has 3 unspecified atom stereocenters. The molecule has 1 heterocycles. The van der Waals surface area contributed by atoms with Crippen LogP contribution in [0.3, 0.4) is 0 Å². The van der Waals surface area contributed by atoms with Crippen molar-refractivity contribution in [2.75, 3.05) is 13.2 Å². The molecule has 0 N–H and O–H groups in total. The van der Waals surface area contributed by atoms with Gasteiger partial charge in [-0.2, -0.15) is 61.5 Å². The lowest BCUT2D eigenvalue weighted by molar-refractivity contribution is -0.536. The third-order valence-corrected chi connectivity index (χ3v) is 5.07. The van der Waals surface area contributed by atoms with Crippen molar-refractivity contribution >= 4 is 22.6 Å². The molecule has 0 radical (unpaired) electrons. The maximum atomic E-state index is 14.1. The standard InChI is InChI=1S/C18H12F15IO5/c19-11(12(20,21)37-9-3-1-8(2-4-9)5-35-6-10-7-36-10)38-18(32,33)14(24,15(25,26)27)39-17(30,31)13(22,23)16(28,29)34/h1-4,10-11H,5-7H2. The van der Waals surface area contributed by atoms with Crippen LogP contribution in [0.4, 0.5) is 65.9 Å². The summed E-state index contributed by atoms with van der Waals surface area (Å²) >= 11 is -0.761. The van der Waals surface area contributed by atoms with Crippen LogP contribution < -0.4 is 4.74 Å². The minimum Gasteiger partial charge on any atom is -0.429 e. The number of hydrogen-bond acceptors (Lipinski definition) is 5. The Balaban J connectivity index is 2.20. The minimum atomic E-state index is -7.59. The lowest BCUT2D eigenvalue weighted by Crippen LogP contribution is -2.66. The second-order valence-corrected chi connectivity index (χ2v) is 8.87. The largest absolute Gasteiger partial charge is 0.458 e. The second kappa shape index (κ2) is 11.1. The summed E-state index contributed by atoms with van der Waals surface area (Å²) in [4.78, 5) is 0. The predicted octanol–water partition coefficient (Wildman–Crippen LogP) is 6.98. The summed E-state index contributed by atoms with van der Waals surface area (Å²) in [5.41, 5.74) is 0.297. The third-order valence-electron chi connectivity index (χ3n) is 4.40. The van der Waals surface area contributed by atoms with Crippen LogP contribution in [-0.4, -0.2) is 65.9 Å². The molecule has 0 aliphatic carbocycles. The number of ether oxygens (including phenoxy) is 5. The van der Waals surface area contributed by atoms with Gasteiger partial charge in [-0.1, -0.05) is 12.1 Å². The summed E-state index contributed by atoms with van der Waals surface area (Å²) in [5.74, 6) is -15.7. The van der Waals surface area contributed by atoms with Crippen molar-refractivity contribution in [3.8, 4) is 5.75 Å². The Bertz CT molecular complexity index is 965. The molecule has 1 aromatic rings. The van der Waals surface area contributed by atoms with Gasteiger partial charge in [0, 0.05) is 22.6 Å². The van der Waals surface area contributed by atoms with E-state index in [9.17, 15) is 65.9 Å². The Morgan fingerprint density at radius 3 is 1.79 bits per heavy atom. The topological polar surface area (TPSA) is 49.5 Å². The molecule has 0 aromatic heterocycles. The van der Waals surface area contributed by atoms with Gasteiger partial charge in [-0.15, -0.1) is 0 Å². The molecule has 1 fully saturated rings. The van der Waals surface area contributed by atoms with Crippen LogP contribution in [0.5, 0.6) is 5.75 Å². The zero-order chi connectivity index (χ0) is 30.3. The number of epoxide rings is 1. The van der Waals surface area contributed by atoms with Crippen molar-refractivity contribution in [2.24, 2.45) is 0 Å². The molecular formula is C18H12F15IO5. The molecule has 1 aromatic carbocycles. The van der Waals surface area contributed by atoms with Crippen molar-refractivity contribution < 1.29 is 89.5 Å². The maximum absolute atomic E-state index is 14.1. The van der Waals surface area contributed by atoms with Gasteiger partial charge in [0.2, 0.25) is 0 Å². The fourth-order valence-corrected chi connectivity index (χ4v) is 2.61. The normalized spacial score (nSPS) is 19.9. The summed E-state index contributed by atoms with van der Waals surface area (Å²) in [5, 5.41) is 0. The quantitative estimate of drug-likeness (QED) is 0.0900. The van der Waals surface area contributed by atoms with Crippen molar-refractivity contribution in [1.82, 2.24) is 0 Å². The van der Waals surface area contributed by atoms with E-state index in [4.69, 9.17) is 9.47 Å². The molecule has 2 rings (SSSR count). The summed E-state index contributed by atoms with van der Waals surface area (Å²) in [6.07, 6.45) is -33.3. The molecule has 1 aliphatic heterocycles. The average molecular weight is 720 g/mol. The van der Waals surface area contributed by atoms with Crippen LogP contribution in [0, 0.1) is 0 Å². The van der Waals surface area contributed by atoms with E-state index in [1.807, 2.05) is 0 Å². The van der Waals surface area contributed by atoms with E-state index in [1.54, 1.807) is 4.74 Å². The molecule has 1 aliphatic rings. The van der Waals surface area contributed by atoms with E-state index < -0.39 is 74.9 Å². The van der Waals surface area contributed by atoms with E-state index >= 15 is 0 Å². The average Bonchev–Trinajstić information content (AvgIpc) is 3.56. The molecule has 39 heavy (non-hydrogen) atoms. The molecule has 3 atom stereocenters. The molecule has 0 saturated carbocycles. The molecule has 0 bridgehead atoms. The molecule has 21 heteroatoms. The number of hydrogen-bond donors (Lipinski definition) is 0. The monoisotopic (exact) mass is 720 g/mol. The molecule has 0 amide bonds. The summed E-state index contributed by atoms with van der Waals surface area (Å²) < 4.78 is 212. The lowest BCUT2D eigenvalue weighted by atomic mass is 10.2. The smallest absolute Gasteiger partial charge is 0.429 e. The van der Waals surface area contributed by atoms with Gasteiger partial charge in [0.25, 0.3) is 0 Å². The molecule has 226 valence electrons. The highest BCUT2D eigenvalue weighted by molar-refractivity contribution is 14.1. The molecule has 0 spiro atoms. The van der Waals surface area contributed by atoms with Crippen LogP contribution in [0.2, 0.25) is 0 Å². The van der Waals surface area contributed by atoms with Crippen LogP contribution in [-0.2, 0) is 25.6 Å². The van der Waals surface area contributed by atoms with Crippen molar-refractivity contribution in [3.63, 3.8) is 0 Å². The SMILES string of the molecule is FC(OC(F)(F)C(F)(OC(F)(F)C(F)(F)C(F)(F)I)C(F)(F)F)C(F)(F)Oc1ccc(COCC2CO2)cc1. The molecular weight excluding hydrogens is 708 g/mol. The highest BCUT2D eigenvalue weighted by Crippen LogP contribution is 2.56. The van der Waals surface area contributed by atoms with Gasteiger partial charge >= 0.3 is 46.6 Å². The maximum Gasteiger partial charge on any atom is 0.458 e. The van der Waals surface area contributed by atoms with Crippen molar-refractivity contribution in [1.29, 1.82) is 0 Å². The fourth-order valence-electron chi connectivity index (χ4n) is 2.29. The highest BCUT2D eigenvalue weighted by atomic mass is 127. The Kier molecular flexibility index (Phi) is 9.59. The molecule has 1 saturated heterocycles. The second-order valence-electron chi connectivity index (χ2n) is 7.51. The number of rotatable bonds is 14. The van der Waals surface area contributed by atoms with E-state index in [0.29, 0.717) is 24.3 Å². The van der Waals surface area contributed by atoms with E-state index in [0.717, 1.165) is 12.1 Å². The zero-order valence-corrected chi connectivity index (χ0v) is 20.3.